The number of halogens is 2. The molecule has 0 saturated heterocycles. The van der Waals surface area contributed by atoms with Gasteiger partial charge >= 0.3 is 0 Å². The number of Topliss-reactive ketones (excluding diaryl/α,β-unsaturated/α-hetero) is 1. The lowest BCUT2D eigenvalue weighted by molar-refractivity contribution is -0.182. The van der Waals surface area contributed by atoms with E-state index in [0.717, 1.165) is 37.2 Å². The fourth-order valence-corrected chi connectivity index (χ4v) is 15.2. The van der Waals surface area contributed by atoms with Gasteiger partial charge < -0.3 is 24.6 Å². The number of ketones is 1. The van der Waals surface area contributed by atoms with Crippen LogP contribution in [0.4, 0.5) is 4.39 Å². The van der Waals surface area contributed by atoms with Crippen LogP contribution in [0, 0.1) is 62.5 Å². The number of benzene rings is 2. The van der Waals surface area contributed by atoms with E-state index in [9.17, 15) is 19.8 Å². The number of ether oxygens (including phenoxy) is 2. The van der Waals surface area contributed by atoms with Crippen LogP contribution in [0.1, 0.15) is 103 Å². The highest BCUT2D eigenvalue weighted by Crippen LogP contribution is 2.78. The third kappa shape index (κ3) is 5.91. The van der Waals surface area contributed by atoms with Crippen molar-refractivity contribution in [2.45, 2.75) is 116 Å². The van der Waals surface area contributed by atoms with Crippen molar-refractivity contribution in [1.82, 2.24) is 4.90 Å². The molecule has 4 bridgehead atoms. The highest BCUT2D eigenvalue weighted by Gasteiger charge is 2.74. The molecule has 0 heterocycles. The van der Waals surface area contributed by atoms with Crippen molar-refractivity contribution in [2.24, 2.45) is 56.7 Å². The Labute approximate surface area is 354 Å². The van der Waals surface area contributed by atoms with E-state index in [-0.39, 0.29) is 64.3 Å². The van der Waals surface area contributed by atoms with Gasteiger partial charge in [-0.15, -0.1) is 0 Å². The van der Waals surface area contributed by atoms with Gasteiger partial charge in [0.05, 0.1) is 32.3 Å². The molecule has 0 radical (unpaired) electrons. The molecule has 2 aromatic carbocycles. The zero-order chi connectivity index (χ0) is 41.9. The van der Waals surface area contributed by atoms with Crippen LogP contribution in [-0.4, -0.2) is 65.8 Å². The molecule has 7 nitrogen and oxygen atoms in total. The van der Waals surface area contributed by atoms with Crippen molar-refractivity contribution in [3.8, 4) is 11.5 Å². The summed E-state index contributed by atoms with van der Waals surface area (Å²) in [7, 11) is 3.20. The zero-order valence-electron chi connectivity index (χ0n) is 35.8. The number of hydrogen-bond acceptors (Lipinski definition) is 6. The molecule has 2 spiro atoms. The average molecular weight is 829 g/mol. The molecule has 59 heavy (non-hydrogen) atoms. The molecule has 11 unspecified atom stereocenters. The van der Waals surface area contributed by atoms with Gasteiger partial charge in [-0.25, -0.2) is 4.39 Å². The van der Waals surface area contributed by atoms with E-state index >= 15 is 4.39 Å². The summed E-state index contributed by atoms with van der Waals surface area (Å²) in [6, 6.07) is 10.2. The van der Waals surface area contributed by atoms with Crippen LogP contribution in [0.3, 0.4) is 0 Å². The molecule has 6 saturated carbocycles. The Kier molecular flexibility index (Phi) is 9.89. The second-order valence-corrected chi connectivity index (χ2v) is 21.4. The molecular weight excluding hydrogens is 765 g/mol. The van der Waals surface area contributed by atoms with Gasteiger partial charge in [0.1, 0.15) is 5.82 Å². The lowest BCUT2D eigenvalue weighted by atomic mass is 9.32. The molecule has 9 heteroatoms. The Bertz CT molecular complexity index is 2090. The van der Waals surface area contributed by atoms with Gasteiger partial charge in [-0.05, 0) is 134 Å². The minimum atomic E-state index is -1.20. The van der Waals surface area contributed by atoms with Crippen LogP contribution in [0.25, 0.3) is 0 Å². The van der Waals surface area contributed by atoms with Crippen molar-refractivity contribution in [1.29, 1.82) is 0 Å². The number of nitrogens with zero attached hydrogens (tertiary/aromatic N) is 1. The predicted molar refractivity (Wildman–Crippen MR) is 227 cm³/mol. The van der Waals surface area contributed by atoms with Gasteiger partial charge in [-0.1, -0.05) is 69.7 Å². The van der Waals surface area contributed by atoms with Crippen LogP contribution in [-0.2, 0) is 22.4 Å². The van der Waals surface area contributed by atoms with Gasteiger partial charge in [0.15, 0.2) is 17.3 Å². The first-order chi connectivity index (χ1) is 27.9. The average Bonchev–Trinajstić information content (AvgIpc) is 3.48. The predicted octanol–water partition coefficient (Wildman–Crippen LogP) is 9.34. The van der Waals surface area contributed by atoms with E-state index in [2.05, 4.69) is 45.9 Å². The molecule has 11 rings (SSSR count). The van der Waals surface area contributed by atoms with Gasteiger partial charge in [-0.2, -0.15) is 0 Å². The molecule has 0 aromatic heterocycles. The fourth-order valence-electron chi connectivity index (χ4n) is 14.9. The van der Waals surface area contributed by atoms with E-state index < -0.39 is 33.8 Å². The highest BCUT2D eigenvalue weighted by molar-refractivity contribution is 6.31. The first kappa shape index (κ1) is 41.2. The molecule has 6 fully saturated rings. The fraction of sp³-hybridized carbons (Fsp3) is 0.640. The number of carbonyl (C=O) groups is 2. The quantitative estimate of drug-likeness (QED) is 0.219. The van der Waals surface area contributed by atoms with Crippen LogP contribution in [0.2, 0.25) is 5.02 Å². The van der Waals surface area contributed by atoms with E-state index in [4.69, 9.17) is 21.1 Å². The Balaban J connectivity index is 1.08. The third-order valence-electron chi connectivity index (χ3n) is 18.5. The van der Waals surface area contributed by atoms with Gasteiger partial charge in [0.25, 0.3) is 0 Å². The van der Waals surface area contributed by atoms with Crippen LogP contribution >= 0.6 is 11.6 Å². The van der Waals surface area contributed by atoms with Crippen molar-refractivity contribution < 1.29 is 33.7 Å². The molecule has 0 aliphatic heterocycles. The number of methoxy groups -OCH3 is 2. The number of allylic oxidation sites excluding steroid dienone is 4. The first-order valence-corrected chi connectivity index (χ1v) is 22.6. The molecule has 9 aliphatic carbocycles. The maximum Gasteiger partial charge on any atom is 0.227 e. The molecule has 1 amide bonds. The van der Waals surface area contributed by atoms with E-state index in [1.54, 1.807) is 26.4 Å². The highest BCUT2D eigenvalue weighted by atomic mass is 35.5. The number of aliphatic hydroxyl groups is 2. The third-order valence-corrected chi connectivity index (χ3v) is 18.8. The van der Waals surface area contributed by atoms with Crippen molar-refractivity contribution in [2.75, 3.05) is 27.3 Å². The van der Waals surface area contributed by atoms with Crippen LogP contribution < -0.4 is 9.47 Å². The Morgan fingerprint density at radius 1 is 0.898 bits per heavy atom. The van der Waals surface area contributed by atoms with Gasteiger partial charge in [0, 0.05) is 51.9 Å². The minimum Gasteiger partial charge on any atom is -0.493 e. The first-order valence-electron chi connectivity index (χ1n) is 22.2. The number of carbonyl (C=O) groups excluding carboxylic acids is 2. The smallest absolute Gasteiger partial charge is 0.227 e. The Hall–Kier alpha value is -3.20. The van der Waals surface area contributed by atoms with E-state index in [0.29, 0.717) is 61.1 Å². The molecule has 318 valence electrons. The summed E-state index contributed by atoms with van der Waals surface area (Å²) in [5.41, 5.74) is -1.23. The van der Waals surface area contributed by atoms with E-state index in [1.807, 2.05) is 23.1 Å². The molecule has 11 atom stereocenters. The second kappa shape index (κ2) is 14.2. The summed E-state index contributed by atoms with van der Waals surface area (Å²) in [6.45, 7) is 10.2. The standard InChI is InChI=1S/C50H63ClFNO6/c1-45(2)32-12-11-31(35(45)24-32)28-53(44(56)23-30-10-13-40(58-5)41(22-30)59-6)29-49(57)19-16-43-47(49,4)18-15-42-46(3)17-14-33(54)26-48(46)20-21-50(42,43)36(27-48)39(55)25-34-37(51)8-7-9-38(34)52/h7-10,13,20-22,27,31-33,35,42-43,54,57H,11-12,14-19,23-26,28-29H2,1-6H3. The van der Waals surface area contributed by atoms with Crippen molar-refractivity contribution in [3.05, 3.63) is 82.2 Å². The largest absolute Gasteiger partial charge is 0.493 e. The minimum absolute atomic E-state index is 0.00499. The van der Waals surface area contributed by atoms with Crippen LogP contribution in [0.5, 0.6) is 11.5 Å². The Morgan fingerprint density at radius 2 is 1.63 bits per heavy atom. The van der Waals surface area contributed by atoms with Crippen LogP contribution in [0.15, 0.2) is 60.2 Å². The molecule has 9 aliphatic rings. The van der Waals surface area contributed by atoms with Gasteiger partial charge in [-0.3, -0.25) is 9.59 Å². The number of hydrogen-bond donors (Lipinski definition) is 2. The van der Waals surface area contributed by atoms with E-state index in [1.165, 1.54) is 18.9 Å². The zero-order valence-corrected chi connectivity index (χ0v) is 36.5. The number of aliphatic hydroxyl groups excluding tert-OH is 1. The van der Waals surface area contributed by atoms with Crippen molar-refractivity contribution in [3.63, 3.8) is 0 Å². The molecule has 2 N–H and O–H groups in total. The summed E-state index contributed by atoms with van der Waals surface area (Å²) in [5.74, 6) is 2.20. The molecular formula is C50H63ClFNO6. The number of fused-ring (bicyclic) bond motifs is 3. The Morgan fingerprint density at radius 3 is 2.34 bits per heavy atom. The maximum atomic E-state index is 15.3. The summed E-state index contributed by atoms with van der Waals surface area (Å²) in [5, 5.41) is 24.8. The summed E-state index contributed by atoms with van der Waals surface area (Å²) < 4.78 is 26.4. The lowest BCUT2D eigenvalue weighted by Gasteiger charge is -2.71. The SMILES string of the molecule is COc1ccc(CC(=O)N(CC2CCC3CC2C3(C)C)CC2(O)CCC3C45C=CC6(C=C4C(=O)Cc4c(F)cccc4Cl)CC(O)CCC6(C)C5CCC32C)cc1OC. The maximum absolute atomic E-state index is 15.3. The van der Waals surface area contributed by atoms with Gasteiger partial charge in [0.2, 0.25) is 5.91 Å². The summed E-state index contributed by atoms with van der Waals surface area (Å²) in [6.07, 6.45) is 14.6. The topological polar surface area (TPSA) is 96.3 Å². The summed E-state index contributed by atoms with van der Waals surface area (Å²) >= 11 is 6.54. The number of rotatable bonds is 11. The number of amides is 1. The monoisotopic (exact) mass is 827 g/mol. The lowest BCUT2D eigenvalue weighted by Crippen LogP contribution is -2.67. The summed E-state index contributed by atoms with van der Waals surface area (Å²) in [4.78, 5) is 31.7. The molecule has 2 aromatic rings. The second-order valence-electron chi connectivity index (χ2n) is 20.9. The van der Waals surface area contributed by atoms with Crippen molar-refractivity contribution >= 4 is 23.3 Å². The normalized spacial score (nSPS) is 39.6.